The van der Waals surface area contributed by atoms with Gasteiger partial charge in [-0.2, -0.15) is 10.1 Å². The van der Waals surface area contributed by atoms with Gasteiger partial charge in [0.1, 0.15) is 0 Å². The van der Waals surface area contributed by atoms with E-state index in [2.05, 4.69) is 5.32 Å². The summed E-state index contributed by atoms with van der Waals surface area (Å²) in [6.45, 7) is -0.135. The largest absolute Gasteiger partial charge is 0.490 e. The van der Waals surface area contributed by atoms with Crippen molar-refractivity contribution in [3.8, 4) is 0 Å². The Morgan fingerprint density at radius 3 is 2.27 bits per heavy atom. The molecule has 0 fully saturated rings. The molecule has 0 saturated carbocycles. The Bertz CT molecular complexity index is 315. The molecule has 86 valence electrons. The minimum atomic E-state index is -0.771. The summed E-state index contributed by atoms with van der Waals surface area (Å²) in [5.41, 5.74) is 10.6. The number of aliphatic hydroxyl groups excluding tert-OH is 2. The lowest BCUT2D eigenvalue weighted by molar-refractivity contribution is -0.112. The van der Waals surface area contributed by atoms with Crippen molar-refractivity contribution in [1.82, 2.24) is 15.4 Å². The normalized spacial score (nSPS) is 17.5. The molecule has 1 aliphatic heterocycles. The Labute approximate surface area is 85.0 Å². The van der Waals surface area contributed by atoms with E-state index in [1.54, 1.807) is 0 Å². The zero-order valence-corrected chi connectivity index (χ0v) is 7.75. The average Bonchev–Trinajstić information content (AvgIpc) is 2.24. The van der Waals surface area contributed by atoms with E-state index in [0.29, 0.717) is 5.06 Å². The van der Waals surface area contributed by atoms with Crippen LogP contribution in [0.25, 0.3) is 0 Å². The third kappa shape index (κ3) is 1.83. The van der Waals surface area contributed by atoms with Crippen LogP contribution in [0.5, 0.6) is 0 Å². The first-order valence-electron chi connectivity index (χ1n) is 4.02. The van der Waals surface area contributed by atoms with Crippen LogP contribution in [0.4, 0.5) is 0 Å². The Morgan fingerprint density at radius 2 is 1.73 bits per heavy atom. The van der Waals surface area contributed by atoms with Gasteiger partial charge in [-0.3, -0.25) is 10.4 Å². The van der Waals surface area contributed by atoms with Gasteiger partial charge in [0.25, 0.3) is 5.88 Å². The van der Waals surface area contributed by atoms with Crippen LogP contribution in [0, 0.1) is 0 Å². The molecule has 15 heavy (non-hydrogen) atoms. The van der Waals surface area contributed by atoms with Crippen LogP contribution in [-0.2, 0) is 0 Å². The molecular weight excluding hydrogens is 206 g/mol. The van der Waals surface area contributed by atoms with E-state index in [-0.39, 0.29) is 29.9 Å². The monoisotopic (exact) mass is 219 g/mol. The molecule has 0 aromatic rings. The van der Waals surface area contributed by atoms with Gasteiger partial charge in [-0.15, -0.1) is 0 Å². The fourth-order valence-corrected chi connectivity index (χ4v) is 0.987. The molecule has 0 saturated heterocycles. The molecule has 0 aliphatic carbocycles. The smallest absolute Gasteiger partial charge is 0.261 e. The number of nitrogens with two attached hydrogens (primary N) is 2. The van der Waals surface area contributed by atoms with Crippen LogP contribution in [0.2, 0.25) is 0 Å². The summed E-state index contributed by atoms with van der Waals surface area (Å²) in [6, 6.07) is 0. The highest BCUT2D eigenvalue weighted by molar-refractivity contribution is 5.20. The summed E-state index contributed by atoms with van der Waals surface area (Å²) in [5, 5.41) is 39.5. The topological polar surface area (TPSA) is 151 Å². The van der Waals surface area contributed by atoms with Gasteiger partial charge in [0, 0.05) is 6.54 Å². The van der Waals surface area contributed by atoms with E-state index in [0.717, 1.165) is 0 Å². The van der Waals surface area contributed by atoms with E-state index in [1.165, 1.54) is 0 Å². The lowest BCUT2D eigenvalue weighted by atomic mass is 10.4. The molecule has 0 amide bonds. The van der Waals surface area contributed by atoms with Crippen molar-refractivity contribution >= 4 is 0 Å². The van der Waals surface area contributed by atoms with Crippen LogP contribution in [0.3, 0.4) is 0 Å². The van der Waals surface area contributed by atoms with Crippen molar-refractivity contribution < 1.29 is 20.6 Å². The molecule has 0 spiro atoms. The van der Waals surface area contributed by atoms with Crippen molar-refractivity contribution in [1.29, 1.82) is 0 Å². The average molecular weight is 219 g/mol. The lowest BCUT2D eigenvalue weighted by Gasteiger charge is -2.31. The fraction of sp³-hybridized carbons (Fsp3) is 0.333. The maximum Gasteiger partial charge on any atom is 0.261 e. The SMILES string of the molecule is NC1=C(O)N(O)C(NCCO)=C(N)N1O. The summed E-state index contributed by atoms with van der Waals surface area (Å²) in [6.07, 6.45) is 0. The first-order valence-corrected chi connectivity index (χ1v) is 4.02. The van der Waals surface area contributed by atoms with Gasteiger partial charge in [0.15, 0.2) is 17.5 Å². The van der Waals surface area contributed by atoms with Gasteiger partial charge in [-0.1, -0.05) is 0 Å². The van der Waals surface area contributed by atoms with Gasteiger partial charge >= 0.3 is 0 Å². The molecule has 0 radical (unpaired) electrons. The Balaban J connectivity index is 2.94. The molecule has 1 rings (SSSR count). The van der Waals surface area contributed by atoms with Crippen LogP contribution >= 0.6 is 0 Å². The van der Waals surface area contributed by atoms with E-state index < -0.39 is 11.7 Å². The Kier molecular flexibility index (Phi) is 3.09. The molecule has 9 N–H and O–H groups in total. The second-order valence-electron chi connectivity index (χ2n) is 2.72. The van der Waals surface area contributed by atoms with Crippen LogP contribution in [0.1, 0.15) is 0 Å². The molecule has 9 heteroatoms. The van der Waals surface area contributed by atoms with Crippen molar-refractivity contribution in [2.24, 2.45) is 11.5 Å². The summed E-state index contributed by atoms with van der Waals surface area (Å²) in [4.78, 5) is 0. The molecule has 0 aromatic carbocycles. The van der Waals surface area contributed by atoms with Crippen molar-refractivity contribution in [3.05, 3.63) is 23.3 Å². The predicted octanol–water partition coefficient (Wildman–Crippen LogP) is -2.31. The van der Waals surface area contributed by atoms with Crippen molar-refractivity contribution in [2.75, 3.05) is 13.2 Å². The third-order valence-corrected chi connectivity index (χ3v) is 1.74. The molecule has 0 atom stereocenters. The summed E-state index contributed by atoms with van der Waals surface area (Å²) in [5.74, 6) is -1.77. The standard InChI is InChI=1S/C6H13N5O4/c7-3-5(9-1-2-12)11(15)6(13)4(8)10(3)14/h9,12-15H,1-2,7-8H2. The Hall–Kier alpha value is -1.84. The zero-order chi connectivity index (χ0) is 11.6. The highest BCUT2D eigenvalue weighted by Gasteiger charge is 2.29. The van der Waals surface area contributed by atoms with E-state index in [4.69, 9.17) is 16.6 Å². The van der Waals surface area contributed by atoms with Gasteiger partial charge in [0.05, 0.1) is 6.61 Å². The quantitative estimate of drug-likeness (QED) is 0.277. The molecule has 0 bridgehead atoms. The first kappa shape index (κ1) is 11.2. The van der Waals surface area contributed by atoms with Crippen molar-refractivity contribution in [3.63, 3.8) is 0 Å². The molecular formula is C6H13N5O4. The third-order valence-electron chi connectivity index (χ3n) is 1.74. The maximum absolute atomic E-state index is 9.35. The molecule has 0 aromatic heterocycles. The van der Waals surface area contributed by atoms with Gasteiger partial charge in [-0.25, -0.2) is 0 Å². The summed E-state index contributed by atoms with van der Waals surface area (Å²) in [7, 11) is 0. The van der Waals surface area contributed by atoms with E-state index >= 15 is 0 Å². The number of hydrogen-bond donors (Lipinski definition) is 7. The molecule has 1 aliphatic rings. The number of hydrogen-bond acceptors (Lipinski definition) is 9. The molecule has 1 heterocycles. The lowest BCUT2D eigenvalue weighted by Crippen LogP contribution is -2.45. The second-order valence-corrected chi connectivity index (χ2v) is 2.72. The van der Waals surface area contributed by atoms with Gasteiger partial charge in [0.2, 0.25) is 0 Å². The zero-order valence-electron chi connectivity index (χ0n) is 7.75. The molecule has 0 unspecified atom stereocenters. The highest BCUT2D eigenvalue weighted by atomic mass is 16.5. The van der Waals surface area contributed by atoms with Crippen LogP contribution in [0.15, 0.2) is 23.3 Å². The summed E-state index contributed by atoms with van der Waals surface area (Å²) >= 11 is 0. The fourth-order valence-electron chi connectivity index (χ4n) is 0.987. The first-order chi connectivity index (χ1) is 7.00. The minimum absolute atomic E-state index is 0.0775. The van der Waals surface area contributed by atoms with E-state index in [9.17, 15) is 15.5 Å². The maximum atomic E-state index is 9.35. The van der Waals surface area contributed by atoms with Crippen LogP contribution in [-0.4, -0.2) is 43.9 Å². The second kappa shape index (κ2) is 4.13. The summed E-state index contributed by atoms with van der Waals surface area (Å²) < 4.78 is 0. The minimum Gasteiger partial charge on any atom is -0.490 e. The van der Waals surface area contributed by atoms with Crippen LogP contribution < -0.4 is 16.8 Å². The van der Waals surface area contributed by atoms with Gasteiger partial charge in [-0.05, 0) is 0 Å². The van der Waals surface area contributed by atoms with E-state index in [1.807, 2.05) is 0 Å². The molecule has 9 nitrogen and oxygen atoms in total. The number of nitrogens with one attached hydrogen (secondary N) is 1. The number of aliphatic hydroxyl groups is 2. The number of rotatable bonds is 3. The predicted molar refractivity (Wildman–Crippen MR) is 47.4 cm³/mol. The Morgan fingerprint density at radius 1 is 1.13 bits per heavy atom. The highest BCUT2D eigenvalue weighted by Crippen LogP contribution is 2.19. The number of nitrogens with zero attached hydrogens (tertiary/aromatic N) is 2. The number of hydroxylamine groups is 4. The van der Waals surface area contributed by atoms with Crippen molar-refractivity contribution in [2.45, 2.75) is 0 Å². The van der Waals surface area contributed by atoms with Gasteiger partial charge < -0.3 is 27.0 Å².